The van der Waals surface area contributed by atoms with E-state index < -0.39 is 12.2 Å². The standard InChI is InChI=1S/C23H39NO5S/c1-3-5-7-11-17(25)13-14-18-19(26)16-20(29-22(28)10-4-2)23(18)30-15-9-6-8-12-21(24)27/h13-14,17-19,25-26H,3-12,15-16H2,1-2H3,(H2,24,27)/t17-,18-,19+/m0/s1. The van der Waals surface area contributed by atoms with Crippen LogP contribution in [-0.4, -0.2) is 40.1 Å². The third-order valence-corrected chi connectivity index (χ3v) is 6.35. The van der Waals surface area contributed by atoms with E-state index in [1.165, 1.54) is 0 Å². The molecule has 0 fully saturated rings. The molecule has 0 aromatic carbocycles. The second kappa shape index (κ2) is 15.5. The van der Waals surface area contributed by atoms with E-state index in [4.69, 9.17) is 10.5 Å². The van der Waals surface area contributed by atoms with Crippen LogP contribution in [-0.2, 0) is 14.3 Å². The number of thioether (sulfide) groups is 1. The predicted octanol–water partition coefficient (Wildman–Crippen LogP) is 4.20. The smallest absolute Gasteiger partial charge is 0.310 e. The molecule has 1 amide bonds. The second-order valence-corrected chi connectivity index (χ2v) is 9.02. The zero-order valence-electron chi connectivity index (χ0n) is 18.5. The van der Waals surface area contributed by atoms with Gasteiger partial charge in [0, 0.05) is 30.1 Å². The van der Waals surface area contributed by atoms with Gasteiger partial charge in [0.25, 0.3) is 0 Å². The highest BCUT2D eigenvalue weighted by Gasteiger charge is 2.34. The van der Waals surface area contributed by atoms with Crippen LogP contribution < -0.4 is 5.73 Å². The summed E-state index contributed by atoms with van der Waals surface area (Å²) in [7, 11) is 0. The Hall–Kier alpha value is -1.31. The molecule has 0 radical (unpaired) electrons. The maximum atomic E-state index is 12.0. The number of carbonyl (C=O) groups is 2. The minimum atomic E-state index is -0.661. The summed E-state index contributed by atoms with van der Waals surface area (Å²) < 4.78 is 5.56. The number of hydrogen-bond donors (Lipinski definition) is 3. The number of hydrogen-bond acceptors (Lipinski definition) is 6. The molecule has 7 heteroatoms. The molecule has 0 aromatic rings. The first-order valence-electron chi connectivity index (χ1n) is 11.3. The molecule has 1 aliphatic rings. The minimum Gasteiger partial charge on any atom is -0.430 e. The van der Waals surface area contributed by atoms with Crippen molar-refractivity contribution < 1.29 is 24.5 Å². The Morgan fingerprint density at radius 1 is 1.17 bits per heavy atom. The van der Waals surface area contributed by atoms with Gasteiger partial charge in [-0.1, -0.05) is 51.7 Å². The van der Waals surface area contributed by atoms with Crippen molar-refractivity contribution in [2.45, 2.75) is 96.7 Å². The van der Waals surface area contributed by atoms with Crippen molar-refractivity contribution in [3.05, 3.63) is 22.8 Å². The monoisotopic (exact) mass is 441 g/mol. The first kappa shape index (κ1) is 26.7. The summed E-state index contributed by atoms with van der Waals surface area (Å²) in [5, 5.41) is 20.8. The fraction of sp³-hybridized carbons (Fsp3) is 0.739. The van der Waals surface area contributed by atoms with Crippen LogP contribution in [0.3, 0.4) is 0 Å². The fourth-order valence-corrected chi connectivity index (χ4v) is 4.65. The van der Waals surface area contributed by atoms with Crippen LogP contribution in [0.4, 0.5) is 0 Å². The third-order valence-electron chi connectivity index (χ3n) is 5.05. The lowest BCUT2D eigenvalue weighted by Crippen LogP contribution is -2.14. The van der Waals surface area contributed by atoms with E-state index >= 15 is 0 Å². The molecule has 1 aliphatic carbocycles. The molecule has 0 saturated carbocycles. The highest BCUT2D eigenvalue weighted by atomic mass is 32.2. The van der Waals surface area contributed by atoms with E-state index in [-0.39, 0.29) is 17.8 Å². The molecule has 0 unspecified atom stereocenters. The van der Waals surface area contributed by atoms with E-state index in [2.05, 4.69) is 6.92 Å². The second-order valence-electron chi connectivity index (χ2n) is 7.88. The largest absolute Gasteiger partial charge is 0.430 e. The van der Waals surface area contributed by atoms with Crippen molar-refractivity contribution in [1.29, 1.82) is 0 Å². The fourth-order valence-electron chi connectivity index (χ4n) is 3.36. The Morgan fingerprint density at radius 2 is 1.93 bits per heavy atom. The quantitative estimate of drug-likeness (QED) is 0.188. The number of carbonyl (C=O) groups excluding carboxylic acids is 2. The van der Waals surface area contributed by atoms with Gasteiger partial charge in [0.1, 0.15) is 5.76 Å². The number of aliphatic hydroxyl groups is 2. The van der Waals surface area contributed by atoms with E-state index in [1.54, 1.807) is 17.8 Å². The molecule has 30 heavy (non-hydrogen) atoms. The summed E-state index contributed by atoms with van der Waals surface area (Å²) in [5.41, 5.74) is 5.17. The summed E-state index contributed by atoms with van der Waals surface area (Å²) in [4.78, 5) is 23.7. The Balaban J connectivity index is 2.74. The minimum absolute atomic E-state index is 0.272. The van der Waals surface area contributed by atoms with Crippen molar-refractivity contribution in [3.63, 3.8) is 0 Å². The number of rotatable bonds is 16. The van der Waals surface area contributed by atoms with Crippen LogP contribution in [0.1, 0.15) is 84.5 Å². The number of nitrogens with two attached hydrogens (primary N) is 1. The molecule has 172 valence electrons. The van der Waals surface area contributed by atoms with Gasteiger partial charge >= 0.3 is 5.97 Å². The zero-order valence-corrected chi connectivity index (χ0v) is 19.3. The highest BCUT2D eigenvalue weighted by molar-refractivity contribution is 8.03. The van der Waals surface area contributed by atoms with Crippen molar-refractivity contribution in [3.8, 4) is 0 Å². The SMILES string of the molecule is CCCCC[C@H](O)C=C[C@@H]1C(SCCCCCC(N)=O)=C(OC(=O)CCC)C[C@H]1O. The van der Waals surface area contributed by atoms with Crippen LogP contribution in [0.2, 0.25) is 0 Å². The zero-order chi connectivity index (χ0) is 22.4. The molecule has 0 aromatic heterocycles. The Labute approximate surface area is 185 Å². The first-order valence-corrected chi connectivity index (χ1v) is 12.3. The van der Waals surface area contributed by atoms with Crippen molar-refractivity contribution in [2.24, 2.45) is 11.7 Å². The average molecular weight is 442 g/mol. The van der Waals surface area contributed by atoms with Gasteiger partial charge in [-0.05, 0) is 31.4 Å². The molecule has 3 atom stereocenters. The topological polar surface area (TPSA) is 110 Å². The molecule has 0 spiro atoms. The molecular weight excluding hydrogens is 402 g/mol. The highest BCUT2D eigenvalue weighted by Crippen LogP contribution is 2.41. The van der Waals surface area contributed by atoms with Crippen LogP contribution in [0.25, 0.3) is 0 Å². The van der Waals surface area contributed by atoms with E-state index in [0.717, 1.165) is 49.2 Å². The van der Waals surface area contributed by atoms with E-state index in [9.17, 15) is 19.8 Å². The van der Waals surface area contributed by atoms with Crippen LogP contribution >= 0.6 is 11.8 Å². The van der Waals surface area contributed by atoms with Gasteiger partial charge in [-0.25, -0.2) is 0 Å². The summed E-state index contributed by atoms with van der Waals surface area (Å²) in [6.07, 6.45) is 10.6. The number of unbranched alkanes of at least 4 members (excludes halogenated alkanes) is 4. The van der Waals surface area contributed by atoms with Crippen LogP contribution in [0, 0.1) is 5.92 Å². The molecular formula is C23H39NO5S. The summed E-state index contributed by atoms with van der Waals surface area (Å²) in [6.45, 7) is 4.05. The van der Waals surface area contributed by atoms with Crippen LogP contribution in [0.15, 0.2) is 22.8 Å². The number of amides is 1. The number of ether oxygens (including phenoxy) is 1. The maximum Gasteiger partial charge on any atom is 0.310 e. The van der Waals surface area contributed by atoms with Gasteiger partial charge in [-0.2, -0.15) is 0 Å². The average Bonchev–Trinajstić information content (AvgIpc) is 2.97. The third kappa shape index (κ3) is 10.6. The summed E-state index contributed by atoms with van der Waals surface area (Å²) in [6, 6.07) is 0. The lowest BCUT2D eigenvalue weighted by molar-refractivity contribution is -0.139. The van der Waals surface area contributed by atoms with Gasteiger partial charge in [-0.15, -0.1) is 11.8 Å². The predicted molar refractivity (Wildman–Crippen MR) is 122 cm³/mol. The molecule has 4 N–H and O–H groups in total. The molecule has 0 aliphatic heterocycles. The Morgan fingerprint density at radius 3 is 2.60 bits per heavy atom. The lowest BCUT2D eigenvalue weighted by Gasteiger charge is -2.15. The molecule has 1 rings (SSSR count). The summed E-state index contributed by atoms with van der Waals surface area (Å²) in [5.74, 6) is 0.531. The van der Waals surface area contributed by atoms with Crippen molar-refractivity contribution in [2.75, 3.05) is 5.75 Å². The maximum absolute atomic E-state index is 12.0. The molecule has 6 nitrogen and oxygen atoms in total. The number of aliphatic hydroxyl groups excluding tert-OH is 2. The number of esters is 1. The lowest BCUT2D eigenvalue weighted by atomic mass is 10.0. The van der Waals surface area contributed by atoms with E-state index in [1.807, 2.05) is 13.0 Å². The number of primary amides is 1. The normalized spacial score (nSPS) is 20.1. The van der Waals surface area contributed by atoms with Gasteiger partial charge < -0.3 is 20.7 Å². The molecule has 0 saturated heterocycles. The Bertz CT molecular complexity index is 590. The summed E-state index contributed by atoms with van der Waals surface area (Å²) >= 11 is 1.59. The molecule has 0 heterocycles. The van der Waals surface area contributed by atoms with Gasteiger partial charge in [0.15, 0.2) is 0 Å². The molecule has 0 bridgehead atoms. The van der Waals surface area contributed by atoms with Gasteiger partial charge in [0.05, 0.1) is 12.2 Å². The van der Waals surface area contributed by atoms with Crippen molar-refractivity contribution in [1.82, 2.24) is 0 Å². The Kier molecular flexibility index (Phi) is 13.8. The van der Waals surface area contributed by atoms with Crippen molar-refractivity contribution >= 4 is 23.6 Å². The first-order chi connectivity index (χ1) is 14.4. The van der Waals surface area contributed by atoms with Gasteiger partial charge in [-0.3, -0.25) is 9.59 Å². The van der Waals surface area contributed by atoms with E-state index in [0.29, 0.717) is 37.9 Å². The van der Waals surface area contributed by atoms with Crippen LogP contribution in [0.5, 0.6) is 0 Å². The van der Waals surface area contributed by atoms with Gasteiger partial charge in [0.2, 0.25) is 5.91 Å².